The molecular formula is C17H21F3N2O4S. The van der Waals surface area contributed by atoms with Gasteiger partial charge in [0.2, 0.25) is 9.84 Å². The van der Waals surface area contributed by atoms with Crippen molar-refractivity contribution < 1.29 is 31.4 Å². The summed E-state index contributed by atoms with van der Waals surface area (Å²) in [5, 5.41) is 9.40. The molecule has 1 aliphatic rings. The second-order valence-corrected chi connectivity index (χ2v) is 8.95. The van der Waals surface area contributed by atoms with Gasteiger partial charge in [-0.25, -0.2) is 8.42 Å². The van der Waals surface area contributed by atoms with Gasteiger partial charge in [0.05, 0.1) is 16.3 Å². The third kappa shape index (κ3) is 5.64. The highest BCUT2D eigenvalue weighted by Crippen LogP contribution is 2.29. The predicted molar refractivity (Wildman–Crippen MR) is 93.1 cm³/mol. The van der Waals surface area contributed by atoms with E-state index < -0.39 is 27.4 Å². The standard InChI is InChI=1S/C17H21F3N2O4S/c1-16(2,11-23)10-22-8-12(21)7-15(9-22)27(24,25)14-5-3-13(4-6-14)26-17(18,19)20/h3-7,9,23H,8,10-11,21H2,1-2H3. The highest BCUT2D eigenvalue weighted by Gasteiger charge is 2.31. The summed E-state index contributed by atoms with van der Waals surface area (Å²) in [6.45, 7) is 4.23. The van der Waals surface area contributed by atoms with Crippen molar-refractivity contribution in [2.24, 2.45) is 11.1 Å². The zero-order chi connectivity index (χ0) is 20.5. The molecule has 0 fully saturated rings. The summed E-state index contributed by atoms with van der Waals surface area (Å²) < 4.78 is 66.0. The van der Waals surface area contributed by atoms with E-state index in [2.05, 4.69) is 4.74 Å². The third-order valence-corrected chi connectivity index (χ3v) is 5.50. The van der Waals surface area contributed by atoms with Crippen LogP contribution in [0.25, 0.3) is 0 Å². The Bertz CT molecular complexity index is 844. The van der Waals surface area contributed by atoms with Crippen molar-refractivity contribution in [2.75, 3.05) is 19.7 Å². The number of ether oxygens (including phenoxy) is 1. The summed E-state index contributed by atoms with van der Waals surface area (Å²) in [7, 11) is -3.99. The van der Waals surface area contributed by atoms with Crippen LogP contribution in [0.2, 0.25) is 0 Å². The van der Waals surface area contributed by atoms with Crippen molar-refractivity contribution in [3.63, 3.8) is 0 Å². The summed E-state index contributed by atoms with van der Waals surface area (Å²) in [5.41, 5.74) is 5.70. The van der Waals surface area contributed by atoms with Crippen molar-refractivity contribution >= 4 is 9.84 Å². The van der Waals surface area contributed by atoms with Crippen LogP contribution in [0.3, 0.4) is 0 Å². The Labute approximate surface area is 155 Å². The smallest absolute Gasteiger partial charge is 0.406 e. The number of hydrogen-bond donors (Lipinski definition) is 2. The lowest BCUT2D eigenvalue weighted by Gasteiger charge is -2.32. The van der Waals surface area contributed by atoms with E-state index in [0.29, 0.717) is 18.8 Å². The van der Waals surface area contributed by atoms with Crippen molar-refractivity contribution in [2.45, 2.75) is 25.1 Å². The van der Waals surface area contributed by atoms with E-state index in [4.69, 9.17) is 5.73 Å². The average Bonchev–Trinajstić information content (AvgIpc) is 2.53. The van der Waals surface area contributed by atoms with Crippen molar-refractivity contribution in [3.05, 3.63) is 47.1 Å². The number of allylic oxidation sites excluding steroid dienone is 1. The third-order valence-electron chi connectivity index (χ3n) is 3.76. The van der Waals surface area contributed by atoms with E-state index in [1.165, 1.54) is 12.3 Å². The lowest BCUT2D eigenvalue weighted by atomic mass is 9.94. The molecule has 0 radical (unpaired) electrons. The zero-order valence-corrected chi connectivity index (χ0v) is 15.6. The highest BCUT2D eigenvalue weighted by atomic mass is 32.2. The Kier molecular flexibility index (Phi) is 5.81. The normalized spacial score (nSPS) is 16.0. The maximum atomic E-state index is 12.8. The zero-order valence-electron chi connectivity index (χ0n) is 14.8. The van der Waals surface area contributed by atoms with Crippen molar-refractivity contribution in [3.8, 4) is 5.75 Å². The first-order chi connectivity index (χ1) is 12.3. The number of rotatable bonds is 6. The Balaban J connectivity index is 2.30. The number of benzene rings is 1. The van der Waals surface area contributed by atoms with E-state index in [-0.39, 0.29) is 16.4 Å². The minimum atomic E-state index is -4.86. The molecule has 0 aliphatic carbocycles. The van der Waals surface area contributed by atoms with Gasteiger partial charge in [-0.15, -0.1) is 13.2 Å². The SMILES string of the molecule is CC(C)(CO)CN1C=C(S(=O)(=O)c2ccc(OC(F)(F)F)cc2)C=C(N)C1. The number of nitrogens with zero attached hydrogens (tertiary/aromatic N) is 1. The lowest BCUT2D eigenvalue weighted by molar-refractivity contribution is -0.274. The van der Waals surface area contributed by atoms with Crippen LogP contribution in [0.5, 0.6) is 5.75 Å². The van der Waals surface area contributed by atoms with Crippen LogP contribution in [0, 0.1) is 5.41 Å². The molecule has 0 bridgehead atoms. The van der Waals surface area contributed by atoms with Crippen molar-refractivity contribution in [1.29, 1.82) is 0 Å². The van der Waals surface area contributed by atoms with Gasteiger partial charge in [-0.05, 0) is 30.3 Å². The van der Waals surface area contributed by atoms with Crippen LogP contribution < -0.4 is 10.5 Å². The topological polar surface area (TPSA) is 92.9 Å². The largest absolute Gasteiger partial charge is 0.573 e. The van der Waals surface area contributed by atoms with Gasteiger partial charge in [0.15, 0.2) is 0 Å². The van der Waals surface area contributed by atoms with Gasteiger partial charge < -0.3 is 20.5 Å². The molecule has 1 aromatic carbocycles. The minimum Gasteiger partial charge on any atom is -0.406 e. The fourth-order valence-electron chi connectivity index (χ4n) is 2.53. The van der Waals surface area contributed by atoms with Gasteiger partial charge in [-0.3, -0.25) is 0 Å². The Morgan fingerprint density at radius 3 is 2.33 bits per heavy atom. The van der Waals surface area contributed by atoms with E-state index in [9.17, 15) is 26.7 Å². The van der Waals surface area contributed by atoms with Crippen LogP contribution in [0.1, 0.15) is 13.8 Å². The summed E-state index contributed by atoms with van der Waals surface area (Å²) in [6, 6.07) is 3.95. The molecule has 2 rings (SSSR count). The molecule has 0 aromatic heterocycles. The Hall–Kier alpha value is -2.20. The second-order valence-electron chi connectivity index (χ2n) is 7.00. The number of aliphatic hydroxyl groups excluding tert-OH is 1. The lowest BCUT2D eigenvalue weighted by Crippen LogP contribution is -2.37. The molecule has 0 atom stereocenters. The molecule has 0 saturated carbocycles. The summed E-state index contributed by atoms with van der Waals surface area (Å²) in [4.78, 5) is 1.42. The molecule has 1 aliphatic heterocycles. The summed E-state index contributed by atoms with van der Waals surface area (Å²) >= 11 is 0. The number of aliphatic hydroxyl groups is 1. The molecule has 3 N–H and O–H groups in total. The van der Waals surface area contributed by atoms with Crippen LogP contribution in [0.15, 0.2) is 52.0 Å². The van der Waals surface area contributed by atoms with Gasteiger partial charge in [-0.1, -0.05) is 13.8 Å². The van der Waals surface area contributed by atoms with Crippen LogP contribution in [-0.4, -0.2) is 44.5 Å². The summed E-state index contributed by atoms with van der Waals surface area (Å²) in [5.74, 6) is -0.513. The molecule has 1 aromatic rings. The van der Waals surface area contributed by atoms with Crippen LogP contribution in [-0.2, 0) is 9.84 Å². The highest BCUT2D eigenvalue weighted by molar-refractivity contribution is 7.95. The molecule has 150 valence electrons. The van der Waals surface area contributed by atoms with Crippen LogP contribution in [0.4, 0.5) is 13.2 Å². The molecule has 0 unspecified atom stereocenters. The van der Waals surface area contributed by atoms with E-state index >= 15 is 0 Å². The number of nitrogens with two attached hydrogens (primary N) is 1. The first kappa shape index (κ1) is 21.1. The first-order valence-corrected chi connectivity index (χ1v) is 9.44. The second kappa shape index (κ2) is 7.43. The van der Waals surface area contributed by atoms with Gasteiger partial charge in [0, 0.05) is 30.5 Å². The number of sulfone groups is 1. The quantitative estimate of drug-likeness (QED) is 0.754. The van der Waals surface area contributed by atoms with Gasteiger partial charge >= 0.3 is 6.36 Å². The molecule has 1 heterocycles. The molecule has 0 amide bonds. The van der Waals surface area contributed by atoms with E-state index in [1.54, 1.807) is 4.90 Å². The molecule has 6 nitrogen and oxygen atoms in total. The molecule has 27 heavy (non-hydrogen) atoms. The monoisotopic (exact) mass is 406 g/mol. The van der Waals surface area contributed by atoms with Gasteiger partial charge in [-0.2, -0.15) is 0 Å². The summed E-state index contributed by atoms with van der Waals surface area (Å²) in [6.07, 6.45) is -2.12. The predicted octanol–water partition coefficient (Wildman–Crippen LogP) is 2.38. The minimum absolute atomic E-state index is 0.0792. The fourth-order valence-corrected chi connectivity index (χ4v) is 3.89. The Morgan fingerprint density at radius 2 is 1.81 bits per heavy atom. The molecular weight excluding hydrogens is 385 g/mol. The number of halogens is 3. The first-order valence-electron chi connectivity index (χ1n) is 7.96. The number of alkyl halides is 3. The van der Waals surface area contributed by atoms with E-state index in [0.717, 1.165) is 24.3 Å². The molecule has 0 spiro atoms. The van der Waals surface area contributed by atoms with Crippen molar-refractivity contribution in [1.82, 2.24) is 4.90 Å². The Morgan fingerprint density at radius 1 is 1.22 bits per heavy atom. The van der Waals surface area contributed by atoms with Crippen LogP contribution >= 0.6 is 0 Å². The maximum Gasteiger partial charge on any atom is 0.573 e. The van der Waals surface area contributed by atoms with Gasteiger partial charge in [0.25, 0.3) is 0 Å². The van der Waals surface area contributed by atoms with E-state index in [1.807, 2.05) is 13.8 Å². The molecule has 10 heteroatoms. The number of hydrogen-bond acceptors (Lipinski definition) is 6. The fraction of sp³-hybridized carbons (Fsp3) is 0.412. The van der Waals surface area contributed by atoms with Gasteiger partial charge in [0.1, 0.15) is 5.75 Å². The maximum absolute atomic E-state index is 12.8. The average molecular weight is 406 g/mol. The molecule has 0 saturated heterocycles.